The predicted octanol–water partition coefficient (Wildman–Crippen LogP) is 3.92. The number of hydroxylamine groups is 2. The summed E-state index contributed by atoms with van der Waals surface area (Å²) < 4.78 is 31.5. The van der Waals surface area contributed by atoms with Crippen molar-refractivity contribution in [3.8, 4) is 28.6 Å². The highest BCUT2D eigenvalue weighted by molar-refractivity contribution is 5.91. The van der Waals surface area contributed by atoms with Crippen LogP contribution in [0, 0.1) is 12.9 Å². The van der Waals surface area contributed by atoms with E-state index >= 15 is 0 Å². The van der Waals surface area contributed by atoms with Crippen molar-refractivity contribution in [2.24, 2.45) is 0 Å². The topological polar surface area (TPSA) is 125 Å². The number of pyridine rings is 2. The van der Waals surface area contributed by atoms with Gasteiger partial charge in [-0.1, -0.05) is 18.2 Å². The minimum Gasteiger partial charge on any atom is -0.491 e. The van der Waals surface area contributed by atoms with Crippen LogP contribution in [0.3, 0.4) is 0 Å². The summed E-state index contributed by atoms with van der Waals surface area (Å²) in [5, 5.41) is 12.5. The first-order valence-corrected chi connectivity index (χ1v) is 13.2. The standard InChI is InChI=1S/C29H32FN7O5/c1-18-25(20-14-23(40-3)28(41-4)32-16-20)35-37(21-8-6-5-7-9-21)27(18)34-29(38)33-22-17-36(12-13-39-2)42-26(22)19-10-11-31-24(30)15-19/h5-11,14-16,22,26H,12-13,17H2,1-4H3,(H2,33,34,38)/t22-,26+/m1/s1. The molecule has 2 N–H and O–H groups in total. The lowest BCUT2D eigenvalue weighted by molar-refractivity contribution is -0.154. The average Bonchev–Trinajstić information content (AvgIpc) is 3.56. The number of ether oxygens (including phenoxy) is 3. The Balaban J connectivity index is 1.45. The number of nitrogens with one attached hydrogen (secondary N) is 2. The third kappa shape index (κ3) is 6.17. The van der Waals surface area contributed by atoms with E-state index in [-0.39, 0.29) is 0 Å². The lowest BCUT2D eigenvalue weighted by Crippen LogP contribution is -2.42. The molecule has 2 atom stereocenters. The normalized spacial score (nSPS) is 16.8. The molecule has 12 nitrogen and oxygen atoms in total. The maximum Gasteiger partial charge on any atom is 0.320 e. The summed E-state index contributed by atoms with van der Waals surface area (Å²) in [5.74, 6) is 0.634. The third-order valence-electron chi connectivity index (χ3n) is 6.83. The number of anilines is 1. The first kappa shape index (κ1) is 28.9. The molecule has 4 heterocycles. The molecule has 5 rings (SSSR count). The molecule has 42 heavy (non-hydrogen) atoms. The maximum absolute atomic E-state index is 14.0. The molecule has 3 aromatic heterocycles. The number of para-hydroxylation sites is 1. The summed E-state index contributed by atoms with van der Waals surface area (Å²) in [6, 6.07) is 13.2. The van der Waals surface area contributed by atoms with Gasteiger partial charge in [-0.15, -0.1) is 0 Å². The van der Waals surface area contributed by atoms with Crippen molar-refractivity contribution in [3.05, 3.63) is 78.0 Å². The number of carbonyl (C=O) groups is 1. The van der Waals surface area contributed by atoms with Gasteiger partial charge >= 0.3 is 6.03 Å². The zero-order valence-electron chi connectivity index (χ0n) is 23.7. The number of methoxy groups -OCH3 is 3. The van der Waals surface area contributed by atoms with Crippen molar-refractivity contribution in [1.29, 1.82) is 0 Å². The van der Waals surface area contributed by atoms with Crippen LogP contribution in [-0.4, -0.2) is 77.9 Å². The van der Waals surface area contributed by atoms with Crippen molar-refractivity contribution in [1.82, 2.24) is 30.1 Å². The molecule has 220 valence electrons. The van der Waals surface area contributed by atoms with Crippen LogP contribution in [0.1, 0.15) is 17.2 Å². The van der Waals surface area contributed by atoms with Crippen molar-refractivity contribution in [2.75, 3.05) is 46.3 Å². The van der Waals surface area contributed by atoms with Crippen molar-refractivity contribution >= 4 is 11.8 Å². The molecule has 0 radical (unpaired) electrons. The van der Waals surface area contributed by atoms with E-state index in [2.05, 4.69) is 20.6 Å². The lowest BCUT2D eigenvalue weighted by Gasteiger charge is -2.19. The van der Waals surface area contributed by atoms with Gasteiger partial charge in [0.15, 0.2) is 5.75 Å². The number of amides is 2. The number of nitrogens with zero attached hydrogens (tertiary/aromatic N) is 5. The Morgan fingerprint density at radius 3 is 2.64 bits per heavy atom. The van der Waals surface area contributed by atoms with Gasteiger partial charge in [0.25, 0.3) is 5.88 Å². The van der Waals surface area contributed by atoms with Gasteiger partial charge in [0, 0.05) is 43.7 Å². The van der Waals surface area contributed by atoms with Gasteiger partial charge in [-0.3, -0.25) is 10.2 Å². The summed E-state index contributed by atoms with van der Waals surface area (Å²) in [4.78, 5) is 27.5. The van der Waals surface area contributed by atoms with E-state index in [1.165, 1.54) is 26.5 Å². The second kappa shape index (κ2) is 12.9. The van der Waals surface area contributed by atoms with Crippen LogP contribution in [0.5, 0.6) is 11.6 Å². The second-order valence-electron chi connectivity index (χ2n) is 9.53. The Kier molecular flexibility index (Phi) is 8.91. The molecule has 1 saturated heterocycles. The second-order valence-corrected chi connectivity index (χ2v) is 9.53. The number of benzene rings is 1. The quantitative estimate of drug-likeness (QED) is 0.270. The molecule has 1 aromatic carbocycles. The highest BCUT2D eigenvalue weighted by Crippen LogP contribution is 2.35. The molecule has 0 bridgehead atoms. The van der Waals surface area contributed by atoms with E-state index < -0.39 is 24.1 Å². The van der Waals surface area contributed by atoms with E-state index in [4.69, 9.17) is 24.1 Å². The van der Waals surface area contributed by atoms with Gasteiger partial charge in [-0.05, 0) is 42.8 Å². The molecular weight excluding hydrogens is 545 g/mol. The molecule has 0 aliphatic carbocycles. The van der Waals surface area contributed by atoms with E-state index in [0.717, 1.165) is 5.69 Å². The van der Waals surface area contributed by atoms with Crippen LogP contribution in [0.2, 0.25) is 0 Å². The number of urea groups is 1. The van der Waals surface area contributed by atoms with Crippen LogP contribution in [0.25, 0.3) is 16.9 Å². The van der Waals surface area contributed by atoms with Gasteiger partial charge in [-0.2, -0.15) is 14.6 Å². The first-order valence-electron chi connectivity index (χ1n) is 13.2. The number of rotatable bonds is 10. The fourth-order valence-electron chi connectivity index (χ4n) is 4.78. The molecule has 1 aliphatic heterocycles. The fourth-order valence-corrected chi connectivity index (χ4v) is 4.78. The van der Waals surface area contributed by atoms with E-state index in [1.807, 2.05) is 37.3 Å². The summed E-state index contributed by atoms with van der Waals surface area (Å²) in [6.07, 6.45) is 2.38. The third-order valence-corrected chi connectivity index (χ3v) is 6.83. The van der Waals surface area contributed by atoms with Crippen LogP contribution >= 0.6 is 0 Å². The Labute approximate surface area is 242 Å². The van der Waals surface area contributed by atoms with Crippen LogP contribution in [0.15, 0.2) is 60.9 Å². The Bertz CT molecular complexity index is 1530. The smallest absolute Gasteiger partial charge is 0.320 e. The number of hydrogen-bond acceptors (Lipinski definition) is 9. The van der Waals surface area contributed by atoms with Crippen LogP contribution in [0.4, 0.5) is 15.0 Å². The zero-order chi connectivity index (χ0) is 29.6. The lowest BCUT2D eigenvalue weighted by atomic mass is 10.0. The van der Waals surface area contributed by atoms with E-state index in [0.29, 0.717) is 59.5 Å². The Hall–Kier alpha value is -4.59. The SMILES string of the molecule is COCCN1C[C@@H](NC(=O)Nc2c(C)c(-c3cnc(OC)c(OC)c3)nn2-c2ccccc2)[C@H](c2ccnc(F)c2)O1. The summed E-state index contributed by atoms with van der Waals surface area (Å²) in [6.45, 7) is 3.13. The minimum atomic E-state index is -0.630. The zero-order valence-corrected chi connectivity index (χ0v) is 23.7. The van der Waals surface area contributed by atoms with Crippen molar-refractivity contribution in [2.45, 2.75) is 19.1 Å². The Morgan fingerprint density at radius 2 is 1.93 bits per heavy atom. The van der Waals surface area contributed by atoms with Crippen molar-refractivity contribution in [3.63, 3.8) is 0 Å². The van der Waals surface area contributed by atoms with E-state index in [1.54, 1.807) is 35.2 Å². The summed E-state index contributed by atoms with van der Waals surface area (Å²) >= 11 is 0. The van der Waals surface area contributed by atoms with Crippen LogP contribution in [-0.2, 0) is 9.57 Å². The van der Waals surface area contributed by atoms with Gasteiger partial charge in [0.2, 0.25) is 5.95 Å². The average molecular weight is 578 g/mol. The predicted molar refractivity (Wildman–Crippen MR) is 152 cm³/mol. The molecular formula is C29H32FN7O5. The number of halogens is 1. The summed E-state index contributed by atoms with van der Waals surface area (Å²) in [7, 11) is 4.65. The van der Waals surface area contributed by atoms with Crippen molar-refractivity contribution < 1.29 is 28.2 Å². The molecule has 4 aromatic rings. The maximum atomic E-state index is 14.0. The molecule has 1 fully saturated rings. The Morgan fingerprint density at radius 1 is 1.12 bits per heavy atom. The number of carbonyl (C=O) groups excluding carboxylic acids is 1. The monoisotopic (exact) mass is 577 g/mol. The highest BCUT2D eigenvalue weighted by Gasteiger charge is 2.37. The largest absolute Gasteiger partial charge is 0.491 e. The van der Waals surface area contributed by atoms with Crippen LogP contribution < -0.4 is 20.1 Å². The van der Waals surface area contributed by atoms with E-state index in [9.17, 15) is 9.18 Å². The highest BCUT2D eigenvalue weighted by atomic mass is 19.1. The molecule has 0 unspecified atom stereocenters. The molecule has 1 aliphatic rings. The first-order chi connectivity index (χ1) is 20.4. The summed E-state index contributed by atoms with van der Waals surface area (Å²) in [5.41, 5.74) is 3.29. The number of aromatic nitrogens is 4. The van der Waals surface area contributed by atoms with Gasteiger partial charge in [-0.25, -0.2) is 19.4 Å². The molecule has 2 amide bonds. The number of hydrogen-bond donors (Lipinski definition) is 2. The van der Waals surface area contributed by atoms with Gasteiger partial charge in [0.1, 0.15) is 11.9 Å². The molecule has 0 saturated carbocycles. The fraction of sp³-hybridized carbons (Fsp3) is 0.310. The molecule has 13 heteroatoms. The molecule has 0 spiro atoms. The minimum absolute atomic E-state index is 0.348. The van der Waals surface area contributed by atoms with Gasteiger partial charge < -0.3 is 19.5 Å². The van der Waals surface area contributed by atoms with Gasteiger partial charge in [0.05, 0.1) is 38.2 Å².